The first kappa shape index (κ1) is 21.8. The SMILES string of the molecule is CC(=O)c1ccc(NC(=O)[C@@H](C)OC(=O)c2ccccc2COc2ccccc2)cc1. The fourth-order valence-electron chi connectivity index (χ4n) is 2.83. The van der Waals surface area contributed by atoms with Crippen LogP contribution in [0.15, 0.2) is 78.9 Å². The van der Waals surface area contributed by atoms with E-state index < -0.39 is 18.0 Å². The number of carbonyl (C=O) groups is 3. The maximum absolute atomic E-state index is 12.7. The van der Waals surface area contributed by atoms with Gasteiger partial charge in [-0.25, -0.2) is 4.79 Å². The molecule has 0 saturated heterocycles. The Morgan fingerprint density at radius 2 is 1.52 bits per heavy atom. The van der Waals surface area contributed by atoms with Crippen molar-refractivity contribution in [2.75, 3.05) is 5.32 Å². The van der Waals surface area contributed by atoms with Crippen LogP contribution in [0.3, 0.4) is 0 Å². The van der Waals surface area contributed by atoms with Crippen LogP contribution in [0, 0.1) is 0 Å². The van der Waals surface area contributed by atoms with Crippen molar-refractivity contribution in [3.63, 3.8) is 0 Å². The molecule has 3 aromatic rings. The summed E-state index contributed by atoms with van der Waals surface area (Å²) < 4.78 is 11.1. The number of Topliss-reactive ketones (excluding diaryl/α,β-unsaturated/α-hetero) is 1. The van der Waals surface area contributed by atoms with Crippen LogP contribution in [-0.2, 0) is 16.1 Å². The molecule has 3 rings (SSSR count). The fourth-order valence-corrected chi connectivity index (χ4v) is 2.83. The molecule has 6 heteroatoms. The summed E-state index contributed by atoms with van der Waals surface area (Å²) in [5, 5.41) is 2.67. The summed E-state index contributed by atoms with van der Waals surface area (Å²) in [6, 6.07) is 22.7. The van der Waals surface area contributed by atoms with Crippen molar-refractivity contribution in [1.82, 2.24) is 0 Å². The smallest absolute Gasteiger partial charge is 0.339 e. The second-order valence-corrected chi connectivity index (χ2v) is 6.93. The maximum Gasteiger partial charge on any atom is 0.339 e. The summed E-state index contributed by atoms with van der Waals surface area (Å²) in [4.78, 5) is 36.4. The number of esters is 1. The Hall–Kier alpha value is -3.93. The van der Waals surface area contributed by atoms with Gasteiger partial charge in [0.25, 0.3) is 5.91 Å². The third kappa shape index (κ3) is 6.02. The standard InChI is InChI=1S/C25H23NO5/c1-17(27)19-12-14-21(15-13-19)26-24(28)18(2)31-25(29)23-11-7-6-8-20(23)16-30-22-9-4-3-5-10-22/h3-15,18H,16H2,1-2H3,(H,26,28)/t18-/m1/s1. The zero-order chi connectivity index (χ0) is 22.2. The molecule has 0 aliphatic rings. The Balaban J connectivity index is 1.61. The van der Waals surface area contributed by atoms with E-state index in [1.165, 1.54) is 13.8 Å². The lowest BCUT2D eigenvalue weighted by Crippen LogP contribution is -2.30. The van der Waals surface area contributed by atoms with Crippen molar-refractivity contribution in [3.8, 4) is 5.75 Å². The lowest BCUT2D eigenvalue weighted by Gasteiger charge is -2.15. The van der Waals surface area contributed by atoms with Gasteiger partial charge in [0.2, 0.25) is 0 Å². The van der Waals surface area contributed by atoms with E-state index in [0.717, 1.165) is 0 Å². The van der Waals surface area contributed by atoms with Gasteiger partial charge in [-0.2, -0.15) is 0 Å². The van der Waals surface area contributed by atoms with E-state index in [-0.39, 0.29) is 12.4 Å². The number of hydrogen-bond donors (Lipinski definition) is 1. The highest BCUT2D eigenvalue weighted by molar-refractivity contribution is 5.98. The van der Waals surface area contributed by atoms with Gasteiger partial charge in [0, 0.05) is 16.8 Å². The molecule has 158 valence electrons. The van der Waals surface area contributed by atoms with Crippen LogP contribution in [0.25, 0.3) is 0 Å². The number of rotatable bonds is 8. The van der Waals surface area contributed by atoms with Crippen molar-refractivity contribution in [1.29, 1.82) is 0 Å². The summed E-state index contributed by atoms with van der Waals surface area (Å²) in [7, 11) is 0. The summed E-state index contributed by atoms with van der Waals surface area (Å²) in [6.45, 7) is 3.16. The Labute approximate surface area is 180 Å². The topological polar surface area (TPSA) is 81.7 Å². The zero-order valence-electron chi connectivity index (χ0n) is 17.3. The summed E-state index contributed by atoms with van der Waals surface area (Å²) >= 11 is 0. The molecular weight excluding hydrogens is 394 g/mol. The van der Waals surface area contributed by atoms with Gasteiger partial charge in [-0.3, -0.25) is 9.59 Å². The van der Waals surface area contributed by atoms with Crippen LogP contribution in [0.4, 0.5) is 5.69 Å². The minimum absolute atomic E-state index is 0.0601. The lowest BCUT2D eigenvalue weighted by atomic mass is 10.1. The lowest BCUT2D eigenvalue weighted by molar-refractivity contribution is -0.123. The predicted octanol–water partition coefficient (Wildman–Crippen LogP) is 4.65. The molecule has 0 bridgehead atoms. The number of hydrogen-bond acceptors (Lipinski definition) is 5. The van der Waals surface area contributed by atoms with Crippen molar-refractivity contribution in [2.24, 2.45) is 0 Å². The molecule has 31 heavy (non-hydrogen) atoms. The summed E-state index contributed by atoms with van der Waals surface area (Å²) in [6.07, 6.45) is -1.01. The summed E-state index contributed by atoms with van der Waals surface area (Å²) in [5.41, 5.74) is 2.05. The minimum Gasteiger partial charge on any atom is -0.489 e. The highest BCUT2D eigenvalue weighted by Crippen LogP contribution is 2.17. The number of benzene rings is 3. The van der Waals surface area contributed by atoms with Crippen LogP contribution >= 0.6 is 0 Å². The van der Waals surface area contributed by atoms with Gasteiger partial charge in [0.15, 0.2) is 11.9 Å². The second kappa shape index (κ2) is 10.2. The molecule has 0 aromatic heterocycles. The zero-order valence-corrected chi connectivity index (χ0v) is 17.3. The summed E-state index contributed by atoms with van der Waals surface area (Å²) in [5.74, 6) is -0.451. The maximum atomic E-state index is 12.7. The number of carbonyl (C=O) groups excluding carboxylic acids is 3. The molecule has 1 atom stereocenters. The number of ketones is 1. The monoisotopic (exact) mass is 417 g/mol. The fraction of sp³-hybridized carbons (Fsp3) is 0.160. The second-order valence-electron chi connectivity index (χ2n) is 6.93. The molecule has 0 unspecified atom stereocenters. The van der Waals surface area contributed by atoms with Crippen LogP contribution in [0.2, 0.25) is 0 Å². The number of para-hydroxylation sites is 1. The van der Waals surface area contributed by atoms with E-state index in [1.807, 2.05) is 30.3 Å². The quantitative estimate of drug-likeness (QED) is 0.426. The minimum atomic E-state index is -1.01. The first-order valence-electron chi connectivity index (χ1n) is 9.82. The van der Waals surface area contributed by atoms with Crippen LogP contribution in [0.1, 0.15) is 40.1 Å². The van der Waals surface area contributed by atoms with E-state index in [4.69, 9.17) is 9.47 Å². The molecular formula is C25H23NO5. The number of amides is 1. The third-order valence-electron chi connectivity index (χ3n) is 4.59. The molecule has 0 aliphatic carbocycles. The molecule has 6 nitrogen and oxygen atoms in total. The third-order valence-corrected chi connectivity index (χ3v) is 4.59. The highest BCUT2D eigenvalue weighted by Gasteiger charge is 2.21. The first-order chi connectivity index (χ1) is 14.9. The molecule has 0 fully saturated rings. The first-order valence-corrected chi connectivity index (χ1v) is 9.82. The van der Waals surface area contributed by atoms with Gasteiger partial charge in [0.1, 0.15) is 12.4 Å². The van der Waals surface area contributed by atoms with E-state index in [0.29, 0.717) is 28.1 Å². The Morgan fingerprint density at radius 3 is 2.19 bits per heavy atom. The average molecular weight is 417 g/mol. The predicted molar refractivity (Wildman–Crippen MR) is 117 cm³/mol. The normalized spacial score (nSPS) is 11.3. The Bertz CT molecular complexity index is 1060. The van der Waals surface area contributed by atoms with E-state index in [1.54, 1.807) is 48.5 Å². The molecule has 0 saturated carbocycles. The van der Waals surface area contributed by atoms with Crippen molar-refractivity contribution >= 4 is 23.3 Å². The average Bonchev–Trinajstić information content (AvgIpc) is 2.78. The van der Waals surface area contributed by atoms with Gasteiger partial charge in [-0.05, 0) is 56.3 Å². The van der Waals surface area contributed by atoms with Crippen LogP contribution in [-0.4, -0.2) is 23.8 Å². The molecule has 1 amide bonds. The highest BCUT2D eigenvalue weighted by atomic mass is 16.5. The van der Waals surface area contributed by atoms with Crippen LogP contribution in [0.5, 0.6) is 5.75 Å². The number of anilines is 1. The number of ether oxygens (including phenoxy) is 2. The van der Waals surface area contributed by atoms with E-state index in [2.05, 4.69) is 5.32 Å². The van der Waals surface area contributed by atoms with E-state index >= 15 is 0 Å². The Morgan fingerprint density at radius 1 is 0.871 bits per heavy atom. The molecule has 0 heterocycles. The van der Waals surface area contributed by atoms with Gasteiger partial charge in [-0.15, -0.1) is 0 Å². The molecule has 0 spiro atoms. The van der Waals surface area contributed by atoms with Gasteiger partial charge >= 0.3 is 5.97 Å². The van der Waals surface area contributed by atoms with Gasteiger partial charge in [0.05, 0.1) is 5.56 Å². The Kier molecular flexibility index (Phi) is 7.17. The van der Waals surface area contributed by atoms with E-state index in [9.17, 15) is 14.4 Å². The van der Waals surface area contributed by atoms with Crippen molar-refractivity contribution < 1.29 is 23.9 Å². The molecule has 3 aromatic carbocycles. The van der Waals surface area contributed by atoms with Crippen molar-refractivity contribution in [2.45, 2.75) is 26.6 Å². The van der Waals surface area contributed by atoms with Gasteiger partial charge in [-0.1, -0.05) is 36.4 Å². The van der Waals surface area contributed by atoms with Crippen molar-refractivity contribution in [3.05, 3.63) is 95.6 Å². The largest absolute Gasteiger partial charge is 0.489 e. The van der Waals surface area contributed by atoms with Gasteiger partial charge < -0.3 is 14.8 Å². The number of nitrogens with one attached hydrogen (secondary N) is 1. The molecule has 0 aliphatic heterocycles. The molecule has 1 N–H and O–H groups in total. The van der Waals surface area contributed by atoms with Crippen LogP contribution < -0.4 is 10.1 Å². The molecule has 0 radical (unpaired) electrons.